The molecule has 0 aliphatic carbocycles. The van der Waals surface area contributed by atoms with Gasteiger partial charge in [-0.2, -0.15) is 13.2 Å². The molecule has 1 saturated heterocycles. The zero-order valence-electron chi connectivity index (χ0n) is 22.8. The minimum absolute atomic E-state index is 0.143. The molecule has 5 N–H and O–H groups in total. The van der Waals surface area contributed by atoms with Gasteiger partial charge in [-0.25, -0.2) is 13.5 Å². The maximum atomic E-state index is 13.6. The number of aliphatic hydroxyl groups excluding tert-OH is 2. The third kappa shape index (κ3) is 7.50. The van der Waals surface area contributed by atoms with Gasteiger partial charge in [-0.1, -0.05) is 50.6 Å². The summed E-state index contributed by atoms with van der Waals surface area (Å²) in [6.07, 6.45) is -4.16. The molecule has 4 rings (SSSR count). The maximum Gasteiger partial charge on any atom is 0.362 e. The number of rotatable bonds is 12. The highest BCUT2D eigenvalue weighted by Crippen LogP contribution is 2.26. The Morgan fingerprint density at radius 1 is 1.10 bits per heavy atom. The van der Waals surface area contributed by atoms with Gasteiger partial charge in [0.15, 0.2) is 11.6 Å². The number of ether oxygens (including phenoxy) is 1. The number of nitrogens with zero attached hydrogens (tertiary/aromatic N) is 4. The molecule has 228 valence electrons. The molecule has 1 aromatic heterocycles. The fraction of sp³-hybridized carbons (Fsp3) is 0.462. The Morgan fingerprint density at radius 2 is 1.74 bits per heavy atom. The van der Waals surface area contributed by atoms with Gasteiger partial charge in [0.2, 0.25) is 5.82 Å². The molecule has 3 aromatic rings. The van der Waals surface area contributed by atoms with E-state index in [1.807, 2.05) is 6.92 Å². The van der Waals surface area contributed by atoms with Crippen LogP contribution in [0.5, 0.6) is 0 Å². The number of hydrogen-bond donors (Lipinski definition) is 4. The molecule has 0 saturated carbocycles. The second kappa shape index (κ2) is 13.3. The summed E-state index contributed by atoms with van der Waals surface area (Å²) in [4.78, 5) is 13.3. The molecule has 1 aliphatic heterocycles. The zero-order chi connectivity index (χ0) is 30.6. The summed E-state index contributed by atoms with van der Waals surface area (Å²) in [5, 5.41) is 33.0. The van der Waals surface area contributed by atoms with E-state index in [-0.39, 0.29) is 18.9 Å². The second-order valence-corrected chi connectivity index (χ2v) is 11.4. The molecule has 0 radical (unpaired) electrons. The number of carbonyl (C=O) groups excluding carboxylic acids is 1. The van der Waals surface area contributed by atoms with E-state index in [4.69, 9.17) is 14.7 Å². The lowest BCUT2D eigenvalue weighted by atomic mass is 10.00. The van der Waals surface area contributed by atoms with Gasteiger partial charge in [0.1, 0.15) is 18.3 Å². The minimum atomic E-state index is -4.53. The largest absolute Gasteiger partial charge is 0.388 e. The smallest absolute Gasteiger partial charge is 0.362 e. The van der Waals surface area contributed by atoms with Crippen molar-refractivity contribution >= 4 is 16.2 Å². The van der Waals surface area contributed by atoms with Crippen molar-refractivity contribution in [3.8, 4) is 22.5 Å². The van der Waals surface area contributed by atoms with Crippen LogP contribution in [0.25, 0.3) is 22.5 Å². The van der Waals surface area contributed by atoms with Crippen LogP contribution in [-0.4, -0.2) is 81.8 Å². The first-order chi connectivity index (χ1) is 19.9. The molecule has 6 unspecified atom stereocenters. The highest BCUT2D eigenvalue weighted by Gasteiger charge is 2.43. The zero-order valence-corrected chi connectivity index (χ0v) is 23.6. The summed E-state index contributed by atoms with van der Waals surface area (Å²) in [6, 6.07) is 9.41. The van der Waals surface area contributed by atoms with Crippen molar-refractivity contribution in [1.82, 2.24) is 24.9 Å². The number of amides is 1. The average molecular weight is 611 g/mol. The Morgan fingerprint density at radius 3 is 2.40 bits per heavy atom. The highest BCUT2D eigenvalue weighted by molar-refractivity contribution is 7.85. The average Bonchev–Trinajstić information content (AvgIpc) is 3.55. The van der Waals surface area contributed by atoms with E-state index in [0.29, 0.717) is 28.9 Å². The predicted molar refractivity (Wildman–Crippen MR) is 144 cm³/mol. The van der Waals surface area contributed by atoms with Crippen molar-refractivity contribution in [3.63, 3.8) is 0 Å². The number of aryl methyl sites for hydroxylation is 1. The Bertz CT molecular complexity index is 1490. The molecule has 2 aromatic carbocycles. The quantitative estimate of drug-likeness (QED) is 0.228. The fourth-order valence-electron chi connectivity index (χ4n) is 4.28. The van der Waals surface area contributed by atoms with Crippen LogP contribution in [0.3, 0.4) is 0 Å². The van der Waals surface area contributed by atoms with Crippen molar-refractivity contribution < 1.29 is 41.1 Å². The van der Waals surface area contributed by atoms with Gasteiger partial charge in [0, 0.05) is 5.56 Å². The fourth-order valence-corrected chi connectivity index (χ4v) is 5.03. The van der Waals surface area contributed by atoms with Crippen molar-refractivity contribution in [1.29, 1.82) is 0 Å². The van der Waals surface area contributed by atoms with Gasteiger partial charge < -0.3 is 20.7 Å². The SMILES string of the molecule is CCC(C)C(N)C(=O)NS(=O)(=O)OCC1OC(CCn2nnc(-c3ccc(-c4ccc(F)c(F)c4)cc3)n2)C(O)C1O. The van der Waals surface area contributed by atoms with Crippen LogP contribution in [0, 0.1) is 17.6 Å². The van der Waals surface area contributed by atoms with Gasteiger partial charge in [0.05, 0.1) is 25.3 Å². The van der Waals surface area contributed by atoms with Gasteiger partial charge in [-0.15, -0.1) is 10.2 Å². The standard InChI is InChI=1S/C26H32F2N6O7S/c1-3-14(2)22(29)26(37)32-42(38,39)40-13-21-24(36)23(35)20(41-21)10-11-34-31-25(30-33-34)16-6-4-15(5-7-16)17-8-9-18(27)19(28)12-17/h4-9,12,14,20-24,35-36H,3,10-11,13,29H2,1-2H3,(H,32,37). The van der Waals surface area contributed by atoms with Crippen LogP contribution < -0.4 is 10.5 Å². The summed E-state index contributed by atoms with van der Waals surface area (Å²) >= 11 is 0. The third-order valence-corrected chi connectivity index (χ3v) is 7.99. The Kier molecular flexibility index (Phi) is 9.96. The normalized spacial score (nSPS) is 22.2. The summed E-state index contributed by atoms with van der Waals surface area (Å²) in [5.74, 6) is -2.76. The molecule has 1 amide bonds. The number of tetrazole rings is 1. The summed E-state index contributed by atoms with van der Waals surface area (Å²) in [5.41, 5.74) is 7.53. The molecule has 0 spiro atoms. The minimum Gasteiger partial charge on any atom is -0.388 e. The lowest BCUT2D eigenvalue weighted by Gasteiger charge is -2.18. The van der Waals surface area contributed by atoms with Crippen LogP contribution in [0.4, 0.5) is 8.78 Å². The second-order valence-electron chi connectivity index (χ2n) is 10.0. The number of hydrogen-bond acceptors (Lipinski definition) is 11. The van der Waals surface area contributed by atoms with E-state index < -0.39 is 64.9 Å². The van der Waals surface area contributed by atoms with Gasteiger partial charge in [-0.3, -0.25) is 8.98 Å². The van der Waals surface area contributed by atoms with E-state index in [1.165, 1.54) is 10.9 Å². The van der Waals surface area contributed by atoms with Gasteiger partial charge in [0.25, 0.3) is 5.91 Å². The lowest BCUT2D eigenvalue weighted by molar-refractivity contribution is -0.121. The highest BCUT2D eigenvalue weighted by atomic mass is 32.2. The van der Waals surface area contributed by atoms with Crippen molar-refractivity contribution in [3.05, 3.63) is 54.1 Å². The number of carbonyl (C=O) groups is 1. The molecule has 2 heterocycles. The number of nitrogens with one attached hydrogen (secondary N) is 1. The number of nitrogens with two attached hydrogens (primary N) is 1. The van der Waals surface area contributed by atoms with Gasteiger partial charge in [-0.05, 0) is 40.8 Å². The predicted octanol–water partition coefficient (Wildman–Crippen LogP) is 0.916. The molecule has 1 fully saturated rings. The maximum absolute atomic E-state index is 13.6. The summed E-state index contributed by atoms with van der Waals surface area (Å²) < 4.78 is 63.2. The Hall–Kier alpha value is -3.41. The van der Waals surface area contributed by atoms with Crippen LogP contribution in [0.1, 0.15) is 26.7 Å². The number of halogens is 2. The topological polar surface area (TPSA) is 192 Å². The van der Waals surface area contributed by atoms with Crippen LogP contribution in [0.15, 0.2) is 42.5 Å². The number of aliphatic hydroxyl groups is 2. The first-order valence-electron chi connectivity index (χ1n) is 13.2. The van der Waals surface area contributed by atoms with E-state index in [9.17, 15) is 32.2 Å². The van der Waals surface area contributed by atoms with E-state index >= 15 is 0 Å². The van der Waals surface area contributed by atoms with Crippen molar-refractivity contribution in [2.45, 2.75) is 63.7 Å². The van der Waals surface area contributed by atoms with E-state index in [2.05, 4.69) is 15.4 Å². The van der Waals surface area contributed by atoms with Crippen LogP contribution in [-0.2, 0) is 30.6 Å². The third-order valence-electron chi connectivity index (χ3n) is 7.10. The summed E-state index contributed by atoms with van der Waals surface area (Å²) in [7, 11) is -4.53. The van der Waals surface area contributed by atoms with Crippen LogP contribution >= 0.6 is 0 Å². The monoisotopic (exact) mass is 610 g/mol. The van der Waals surface area contributed by atoms with Crippen molar-refractivity contribution in [2.24, 2.45) is 11.7 Å². The first-order valence-corrected chi connectivity index (χ1v) is 14.6. The van der Waals surface area contributed by atoms with Gasteiger partial charge >= 0.3 is 10.3 Å². The lowest BCUT2D eigenvalue weighted by Crippen LogP contribution is -2.47. The molecule has 0 bridgehead atoms. The van der Waals surface area contributed by atoms with Crippen molar-refractivity contribution in [2.75, 3.05) is 6.61 Å². The van der Waals surface area contributed by atoms with E-state index in [0.717, 1.165) is 12.1 Å². The Labute approximate surface area is 240 Å². The molecule has 42 heavy (non-hydrogen) atoms. The Balaban J connectivity index is 1.29. The molecular weight excluding hydrogens is 578 g/mol. The molecule has 16 heteroatoms. The summed E-state index contributed by atoms with van der Waals surface area (Å²) in [6.45, 7) is 3.00. The van der Waals surface area contributed by atoms with Crippen LogP contribution in [0.2, 0.25) is 0 Å². The number of aromatic nitrogens is 4. The molecule has 6 atom stereocenters. The van der Waals surface area contributed by atoms with E-state index in [1.54, 1.807) is 35.9 Å². The molecule has 13 nitrogen and oxygen atoms in total. The first kappa shape index (κ1) is 31.5. The molecule has 1 aliphatic rings. The number of benzene rings is 2. The molecular formula is C26H32F2N6O7S.